The number of carbonyl (C=O) groups is 2. The van der Waals surface area contributed by atoms with Crippen molar-refractivity contribution in [3.05, 3.63) is 53.8 Å². The molecule has 2 aromatic rings. The Kier molecular flexibility index (Phi) is 7.83. The van der Waals surface area contributed by atoms with Gasteiger partial charge in [-0.3, -0.25) is 9.59 Å². The van der Waals surface area contributed by atoms with Crippen LogP contribution in [-0.4, -0.2) is 63.7 Å². The van der Waals surface area contributed by atoms with Gasteiger partial charge in [0.25, 0.3) is 0 Å². The SMILES string of the molecule is COc1ccc(CCC(=O)N(C)CC(=O)Nc2ccc(N3CCOCC3)cc2)cc1F. The fraction of sp³-hybridized carbons (Fsp3) is 0.391. The number of hydrogen-bond acceptors (Lipinski definition) is 5. The lowest BCUT2D eigenvalue weighted by Crippen LogP contribution is -2.36. The zero-order valence-corrected chi connectivity index (χ0v) is 17.9. The van der Waals surface area contributed by atoms with Gasteiger partial charge in [0.2, 0.25) is 11.8 Å². The summed E-state index contributed by atoms with van der Waals surface area (Å²) in [7, 11) is 2.98. The van der Waals surface area contributed by atoms with E-state index in [-0.39, 0.29) is 30.5 Å². The number of nitrogens with zero attached hydrogens (tertiary/aromatic N) is 2. The summed E-state index contributed by atoms with van der Waals surface area (Å²) in [6, 6.07) is 12.2. The number of rotatable bonds is 8. The summed E-state index contributed by atoms with van der Waals surface area (Å²) in [6.45, 7) is 3.07. The number of halogens is 1. The maximum absolute atomic E-state index is 13.8. The molecule has 31 heavy (non-hydrogen) atoms. The average molecular weight is 429 g/mol. The zero-order chi connectivity index (χ0) is 22.2. The van der Waals surface area contributed by atoms with Crippen molar-refractivity contribution in [3.8, 4) is 5.75 Å². The molecule has 2 aromatic carbocycles. The van der Waals surface area contributed by atoms with E-state index >= 15 is 0 Å². The first-order chi connectivity index (χ1) is 15.0. The number of hydrogen-bond donors (Lipinski definition) is 1. The summed E-state index contributed by atoms with van der Waals surface area (Å²) >= 11 is 0. The van der Waals surface area contributed by atoms with E-state index in [4.69, 9.17) is 9.47 Å². The predicted octanol–water partition coefficient (Wildman–Crippen LogP) is 2.70. The third-order valence-electron chi connectivity index (χ3n) is 5.18. The Hall–Kier alpha value is -3.13. The molecular weight excluding hydrogens is 401 g/mol. The molecule has 0 radical (unpaired) electrons. The van der Waals surface area contributed by atoms with Crippen molar-refractivity contribution in [3.63, 3.8) is 0 Å². The summed E-state index contributed by atoms with van der Waals surface area (Å²) in [5, 5.41) is 2.81. The quantitative estimate of drug-likeness (QED) is 0.699. The van der Waals surface area contributed by atoms with E-state index in [9.17, 15) is 14.0 Å². The van der Waals surface area contributed by atoms with Crippen LogP contribution in [-0.2, 0) is 20.7 Å². The molecule has 0 saturated carbocycles. The Morgan fingerprint density at radius 3 is 2.52 bits per heavy atom. The molecule has 2 amide bonds. The van der Waals surface area contributed by atoms with E-state index < -0.39 is 5.82 Å². The second kappa shape index (κ2) is 10.8. The van der Waals surface area contributed by atoms with Crippen molar-refractivity contribution < 1.29 is 23.5 Å². The van der Waals surface area contributed by atoms with E-state index in [0.717, 1.165) is 18.8 Å². The van der Waals surface area contributed by atoms with Gasteiger partial charge in [0.05, 0.1) is 26.9 Å². The molecule has 1 fully saturated rings. The van der Waals surface area contributed by atoms with Crippen LogP contribution in [0.25, 0.3) is 0 Å². The van der Waals surface area contributed by atoms with Crippen molar-refractivity contribution in [1.82, 2.24) is 4.90 Å². The molecule has 3 rings (SSSR count). The van der Waals surface area contributed by atoms with Crippen molar-refractivity contribution in [2.75, 3.05) is 57.2 Å². The second-order valence-corrected chi connectivity index (χ2v) is 7.41. The van der Waals surface area contributed by atoms with E-state index in [1.807, 2.05) is 24.3 Å². The van der Waals surface area contributed by atoms with Crippen LogP contribution < -0.4 is 15.0 Å². The minimum atomic E-state index is -0.459. The fourth-order valence-electron chi connectivity index (χ4n) is 3.39. The van der Waals surface area contributed by atoms with Crippen LogP contribution >= 0.6 is 0 Å². The Morgan fingerprint density at radius 1 is 1.16 bits per heavy atom. The van der Waals surface area contributed by atoms with Crippen LogP contribution in [0, 0.1) is 5.82 Å². The number of likely N-dealkylation sites (N-methyl/N-ethyl adjacent to an activating group) is 1. The number of anilines is 2. The number of nitrogens with one attached hydrogen (secondary N) is 1. The summed E-state index contributed by atoms with van der Waals surface area (Å²) < 4.78 is 24.0. The van der Waals surface area contributed by atoms with Gasteiger partial charge in [0, 0.05) is 37.9 Å². The van der Waals surface area contributed by atoms with Gasteiger partial charge in [-0.25, -0.2) is 4.39 Å². The van der Waals surface area contributed by atoms with Crippen LogP contribution in [0.15, 0.2) is 42.5 Å². The van der Waals surface area contributed by atoms with E-state index in [1.54, 1.807) is 13.1 Å². The molecule has 1 N–H and O–H groups in total. The van der Waals surface area contributed by atoms with Gasteiger partial charge in [-0.1, -0.05) is 6.07 Å². The molecule has 1 aliphatic heterocycles. The number of methoxy groups -OCH3 is 1. The van der Waals surface area contributed by atoms with Gasteiger partial charge in [0.1, 0.15) is 0 Å². The van der Waals surface area contributed by atoms with Gasteiger partial charge in [0.15, 0.2) is 11.6 Å². The predicted molar refractivity (Wildman–Crippen MR) is 117 cm³/mol. The molecule has 0 spiro atoms. The lowest BCUT2D eigenvalue weighted by molar-refractivity contribution is -0.133. The summed E-state index contributed by atoms with van der Waals surface area (Å²) in [5.74, 6) is -0.749. The highest BCUT2D eigenvalue weighted by Crippen LogP contribution is 2.20. The largest absolute Gasteiger partial charge is 0.494 e. The number of aryl methyl sites for hydroxylation is 1. The Balaban J connectivity index is 1.45. The number of ether oxygens (including phenoxy) is 2. The smallest absolute Gasteiger partial charge is 0.243 e. The van der Waals surface area contributed by atoms with Crippen molar-refractivity contribution >= 4 is 23.2 Å². The molecule has 166 valence electrons. The molecule has 1 saturated heterocycles. The highest BCUT2D eigenvalue weighted by Gasteiger charge is 2.15. The van der Waals surface area contributed by atoms with Gasteiger partial charge < -0.3 is 24.6 Å². The lowest BCUT2D eigenvalue weighted by atomic mass is 10.1. The Labute approximate surface area is 181 Å². The molecule has 0 atom stereocenters. The van der Waals surface area contributed by atoms with E-state index in [0.29, 0.717) is 30.9 Å². The standard InChI is InChI=1S/C23H28FN3O4/c1-26(23(29)10-4-17-3-9-21(30-2)20(24)15-17)16-22(28)25-18-5-7-19(8-6-18)27-11-13-31-14-12-27/h3,5-9,15H,4,10-14,16H2,1-2H3,(H,25,28). The zero-order valence-electron chi connectivity index (χ0n) is 17.9. The van der Waals surface area contributed by atoms with Gasteiger partial charge >= 0.3 is 0 Å². The fourth-order valence-corrected chi connectivity index (χ4v) is 3.39. The van der Waals surface area contributed by atoms with Crippen molar-refractivity contribution in [1.29, 1.82) is 0 Å². The molecule has 0 unspecified atom stereocenters. The molecular formula is C23H28FN3O4. The number of amides is 2. The summed E-state index contributed by atoms with van der Waals surface area (Å²) in [4.78, 5) is 28.3. The van der Waals surface area contributed by atoms with Crippen LogP contribution in [0.4, 0.5) is 15.8 Å². The van der Waals surface area contributed by atoms with Crippen LogP contribution in [0.5, 0.6) is 5.75 Å². The normalized spacial score (nSPS) is 13.6. The van der Waals surface area contributed by atoms with Crippen LogP contribution in [0.3, 0.4) is 0 Å². The number of carbonyl (C=O) groups excluding carboxylic acids is 2. The maximum Gasteiger partial charge on any atom is 0.243 e. The molecule has 1 heterocycles. The summed E-state index contributed by atoms with van der Waals surface area (Å²) in [6.07, 6.45) is 0.568. The Bertz CT molecular complexity index is 898. The first-order valence-corrected chi connectivity index (χ1v) is 10.3. The summed E-state index contributed by atoms with van der Waals surface area (Å²) in [5.41, 5.74) is 2.46. The number of benzene rings is 2. The molecule has 0 aromatic heterocycles. The molecule has 0 bridgehead atoms. The third-order valence-corrected chi connectivity index (χ3v) is 5.18. The van der Waals surface area contributed by atoms with Crippen LogP contribution in [0.1, 0.15) is 12.0 Å². The minimum Gasteiger partial charge on any atom is -0.494 e. The van der Waals surface area contributed by atoms with Crippen molar-refractivity contribution in [2.45, 2.75) is 12.8 Å². The monoisotopic (exact) mass is 429 g/mol. The molecule has 0 aliphatic carbocycles. The molecule has 1 aliphatic rings. The lowest BCUT2D eigenvalue weighted by Gasteiger charge is -2.28. The maximum atomic E-state index is 13.8. The highest BCUT2D eigenvalue weighted by molar-refractivity contribution is 5.94. The minimum absolute atomic E-state index is 0.0545. The Morgan fingerprint density at radius 2 is 1.87 bits per heavy atom. The van der Waals surface area contributed by atoms with Crippen LogP contribution in [0.2, 0.25) is 0 Å². The highest BCUT2D eigenvalue weighted by atomic mass is 19.1. The first kappa shape index (κ1) is 22.6. The van der Waals surface area contributed by atoms with Gasteiger partial charge in [-0.05, 0) is 48.4 Å². The third kappa shape index (κ3) is 6.42. The molecule has 8 heteroatoms. The van der Waals surface area contributed by atoms with Gasteiger partial charge in [-0.2, -0.15) is 0 Å². The van der Waals surface area contributed by atoms with Crippen molar-refractivity contribution in [2.24, 2.45) is 0 Å². The molecule has 7 nitrogen and oxygen atoms in total. The topological polar surface area (TPSA) is 71.1 Å². The van der Waals surface area contributed by atoms with E-state index in [1.165, 1.54) is 24.1 Å². The van der Waals surface area contributed by atoms with E-state index in [2.05, 4.69) is 10.2 Å². The first-order valence-electron chi connectivity index (χ1n) is 10.3. The second-order valence-electron chi connectivity index (χ2n) is 7.41. The number of morpholine rings is 1. The van der Waals surface area contributed by atoms with Gasteiger partial charge in [-0.15, -0.1) is 0 Å². The average Bonchev–Trinajstić information content (AvgIpc) is 2.78.